The molecule has 0 fully saturated rings. The van der Waals surface area contributed by atoms with Crippen molar-refractivity contribution in [2.75, 3.05) is 6.61 Å². The zero-order valence-electron chi connectivity index (χ0n) is 11.8. The Labute approximate surface area is 115 Å². The van der Waals surface area contributed by atoms with Crippen LogP contribution in [0.15, 0.2) is 36.5 Å². The van der Waals surface area contributed by atoms with E-state index in [1.807, 2.05) is 24.4 Å². The third-order valence-electron chi connectivity index (χ3n) is 3.34. The molecule has 2 heteroatoms. The summed E-state index contributed by atoms with van der Waals surface area (Å²) in [5.74, 6) is 0.953. The molecule has 0 amide bonds. The molecule has 0 radical (unpaired) electrons. The summed E-state index contributed by atoms with van der Waals surface area (Å²) < 4.78 is 5.79. The highest BCUT2D eigenvalue weighted by Crippen LogP contribution is 2.19. The van der Waals surface area contributed by atoms with Crippen LogP contribution in [0.3, 0.4) is 0 Å². The molecule has 0 saturated heterocycles. The number of nitrogens with zero attached hydrogens (tertiary/aromatic N) is 1. The molecule has 0 aliphatic heterocycles. The van der Waals surface area contributed by atoms with Gasteiger partial charge in [0.15, 0.2) is 0 Å². The number of pyridine rings is 1. The molecule has 19 heavy (non-hydrogen) atoms. The van der Waals surface area contributed by atoms with Gasteiger partial charge < -0.3 is 4.74 Å². The molecule has 0 atom stereocenters. The number of aromatic nitrogens is 1. The van der Waals surface area contributed by atoms with E-state index in [2.05, 4.69) is 24.0 Å². The second-order valence-corrected chi connectivity index (χ2v) is 4.97. The quantitative estimate of drug-likeness (QED) is 0.623. The number of hydrogen-bond acceptors (Lipinski definition) is 2. The van der Waals surface area contributed by atoms with Gasteiger partial charge in [-0.1, -0.05) is 45.1 Å². The van der Waals surface area contributed by atoms with Crippen LogP contribution in [0, 0.1) is 0 Å². The summed E-state index contributed by atoms with van der Waals surface area (Å²) in [6.07, 6.45) is 9.60. The Kier molecular flexibility index (Phi) is 5.67. The third kappa shape index (κ3) is 4.55. The highest BCUT2D eigenvalue weighted by molar-refractivity contribution is 5.79. The molecule has 0 aliphatic carbocycles. The van der Waals surface area contributed by atoms with Crippen LogP contribution in [0.2, 0.25) is 0 Å². The van der Waals surface area contributed by atoms with Crippen LogP contribution >= 0.6 is 0 Å². The van der Waals surface area contributed by atoms with Crippen molar-refractivity contribution < 1.29 is 4.74 Å². The maximum Gasteiger partial charge on any atom is 0.120 e. The Hall–Kier alpha value is -1.57. The van der Waals surface area contributed by atoms with Crippen molar-refractivity contribution in [3.8, 4) is 5.75 Å². The lowest BCUT2D eigenvalue weighted by atomic mass is 10.1. The molecule has 1 heterocycles. The zero-order valence-corrected chi connectivity index (χ0v) is 11.8. The van der Waals surface area contributed by atoms with E-state index < -0.39 is 0 Å². The monoisotopic (exact) mass is 257 g/mol. The lowest BCUT2D eigenvalue weighted by Crippen LogP contribution is -1.97. The average molecular weight is 257 g/mol. The fourth-order valence-electron chi connectivity index (χ4n) is 2.22. The molecule has 0 unspecified atom stereocenters. The zero-order chi connectivity index (χ0) is 13.3. The summed E-state index contributed by atoms with van der Waals surface area (Å²) >= 11 is 0. The van der Waals surface area contributed by atoms with E-state index in [-0.39, 0.29) is 0 Å². The highest BCUT2D eigenvalue weighted by atomic mass is 16.5. The Morgan fingerprint density at radius 1 is 1.00 bits per heavy atom. The normalized spacial score (nSPS) is 10.8. The number of benzene rings is 1. The van der Waals surface area contributed by atoms with Crippen molar-refractivity contribution >= 4 is 10.9 Å². The minimum atomic E-state index is 0.817. The fraction of sp³-hybridized carbons (Fsp3) is 0.471. The van der Waals surface area contributed by atoms with Crippen LogP contribution in [0.25, 0.3) is 10.9 Å². The molecular weight excluding hydrogens is 234 g/mol. The smallest absolute Gasteiger partial charge is 0.120 e. The Balaban J connectivity index is 1.72. The third-order valence-corrected chi connectivity index (χ3v) is 3.34. The minimum Gasteiger partial charge on any atom is -0.494 e. The Morgan fingerprint density at radius 3 is 2.74 bits per heavy atom. The molecule has 0 spiro atoms. The standard InChI is InChI=1S/C17H23NO/c1-2-3-4-5-6-7-13-19-16-10-11-17-15(14-16)9-8-12-18-17/h8-12,14H,2-7,13H2,1H3. The summed E-state index contributed by atoms with van der Waals surface area (Å²) in [4.78, 5) is 4.31. The second-order valence-electron chi connectivity index (χ2n) is 4.97. The summed E-state index contributed by atoms with van der Waals surface area (Å²) in [5, 5.41) is 1.14. The van der Waals surface area contributed by atoms with E-state index in [0.717, 1.165) is 29.7 Å². The SMILES string of the molecule is CCCCCCCCOc1ccc2ncccc2c1. The summed E-state index contributed by atoms with van der Waals surface area (Å²) in [5.41, 5.74) is 1.02. The van der Waals surface area contributed by atoms with Crippen molar-refractivity contribution in [1.29, 1.82) is 0 Å². The number of fused-ring (bicyclic) bond motifs is 1. The topological polar surface area (TPSA) is 22.1 Å². The van der Waals surface area contributed by atoms with Crippen LogP contribution < -0.4 is 4.74 Å². The van der Waals surface area contributed by atoms with E-state index in [4.69, 9.17) is 4.74 Å². The Morgan fingerprint density at radius 2 is 1.84 bits per heavy atom. The summed E-state index contributed by atoms with van der Waals surface area (Å²) in [7, 11) is 0. The Bertz CT molecular complexity index is 495. The van der Waals surface area contributed by atoms with Crippen LogP contribution in [-0.2, 0) is 0 Å². The molecule has 0 bridgehead atoms. The van der Waals surface area contributed by atoms with Gasteiger partial charge >= 0.3 is 0 Å². The maximum absolute atomic E-state index is 5.79. The first kappa shape index (κ1) is 13.9. The first-order valence-corrected chi connectivity index (χ1v) is 7.38. The highest BCUT2D eigenvalue weighted by Gasteiger charge is 1.98. The van der Waals surface area contributed by atoms with Crippen LogP contribution in [-0.4, -0.2) is 11.6 Å². The number of rotatable bonds is 8. The van der Waals surface area contributed by atoms with Crippen molar-refractivity contribution in [3.63, 3.8) is 0 Å². The fourth-order valence-corrected chi connectivity index (χ4v) is 2.22. The van der Waals surface area contributed by atoms with Gasteiger partial charge in [0.2, 0.25) is 0 Å². The van der Waals surface area contributed by atoms with Crippen molar-refractivity contribution in [2.24, 2.45) is 0 Å². The van der Waals surface area contributed by atoms with Crippen LogP contribution in [0.1, 0.15) is 45.4 Å². The van der Waals surface area contributed by atoms with Gasteiger partial charge in [-0.15, -0.1) is 0 Å². The molecule has 2 rings (SSSR count). The lowest BCUT2D eigenvalue weighted by Gasteiger charge is -2.07. The lowest BCUT2D eigenvalue weighted by molar-refractivity contribution is 0.305. The molecule has 2 aromatic rings. The first-order chi connectivity index (χ1) is 9.40. The molecule has 0 N–H and O–H groups in total. The van der Waals surface area contributed by atoms with Gasteiger partial charge in [0.25, 0.3) is 0 Å². The van der Waals surface area contributed by atoms with Crippen molar-refractivity contribution in [1.82, 2.24) is 4.98 Å². The van der Waals surface area contributed by atoms with Gasteiger partial charge in [-0.3, -0.25) is 4.98 Å². The van der Waals surface area contributed by atoms with Gasteiger partial charge in [-0.25, -0.2) is 0 Å². The predicted octanol–water partition coefficient (Wildman–Crippen LogP) is 4.97. The van der Waals surface area contributed by atoms with Crippen LogP contribution in [0.4, 0.5) is 0 Å². The van der Waals surface area contributed by atoms with Gasteiger partial charge in [-0.2, -0.15) is 0 Å². The van der Waals surface area contributed by atoms with Gasteiger partial charge in [0.1, 0.15) is 5.75 Å². The second kappa shape index (κ2) is 7.78. The average Bonchev–Trinajstić information content (AvgIpc) is 2.46. The van der Waals surface area contributed by atoms with E-state index in [1.54, 1.807) is 0 Å². The molecule has 0 aliphatic rings. The predicted molar refractivity (Wildman–Crippen MR) is 80.6 cm³/mol. The largest absolute Gasteiger partial charge is 0.494 e. The number of ether oxygens (including phenoxy) is 1. The molecule has 2 nitrogen and oxygen atoms in total. The van der Waals surface area contributed by atoms with Gasteiger partial charge in [0.05, 0.1) is 12.1 Å². The van der Waals surface area contributed by atoms with Gasteiger partial charge in [0, 0.05) is 11.6 Å². The van der Waals surface area contributed by atoms with Gasteiger partial charge in [-0.05, 0) is 30.7 Å². The van der Waals surface area contributed by atoms with Crippen LogP contribution in [0.5, 0.6) is 5.75 Å². The molecule has 102 valence electrons. The van der Waals surface area contributed by atoms with E-state index >= 15 is 0 Å². The summed E-state index contributed by atoms with van der Waals surface area (Å²) in [6.45, 7) is 3.07. The van der Waals surface area contributed by atoms with Crippen molar-refractivity contribution in [2.45, 2.75) is 45.4 Å². The number of unbranched alkanes of at least 4 members (excludes halogenated alkanes) is 5. The molecular formula is C17H23NO. The first-order valence-electron chi connectivity index (χ1n) is 7.38. The maximum atomic E-state index is 5.79. The van der Waals surface area contributed by atoms with E-state index in [0.29, 0.717) is 0 Å². The molecule has 0 saturated carbocycles. The summed E-state index contributed by atoms with van der Waals surface area (Å²) in [6, 6.07) is 10.1. The van der Waals surface area contributed by atoms with Crippen molar-refractivity contribution in [3.05, 3.63) is 36.5 Å². The molecule has 1 aromatic heterocycles. The number of hydrogen-bond donors (Lipinski definition) is 0. The minimum absolute atomic E-state index is 0.817. The molecule has 1 aromatic carbocycles. The van der Waals surface area contributed by atoms with E-state index in [9.17, 15) is 0 Å². The van der Waals surface area contributed by atoms with E-state index in [1.165, 1.54) is 32.1 Å².